The second-order valence-corrected chi connectivity index (χ2v) is 2.70. The molecule has 82 valence electrons. The Balaban J connectivity index is 2.35. The Hall–Kier alpha value is -2.71. The summed E-state index contributed by atoms with van der Waals surface area (Å²) in [6.45, 7) is 0. The summed E-state index contributed by atoms with van der Waals surface area (Å²) in [6.07, 6.45) is 2.17. The summed E-state index contributed by atoms with van der Waals surface area (Å²) in [5, 5.41) is 22.4. The van der Waals surface area contributed by atoms with Gasteiger partial charge in [0.25, 0.3) is 0 Å². The van der Waals surface area contributed by atoms with Crippen molar-refractivity contribution in [2.45, 2.75) is 0 Å². The highest BCUT2D eigenvalue weighted by Crippen LogP contribution is 2.11. The number of oxazole rings is 1. The van der Waals surface area contributed by atoms with E-state index >= 15 is 0 Å². The maximum absolute atomic E-state index is 10.5. The summed E-state index contributed by atoms with van der Waals surface area (Å²) in [6, 6.07) is 0.996. The second kappa shape index (κ2) is 3.46. The van der Waals surface area contributed by atoms with Gasteiger partial charge in [-0.25, -0.2) is 4.79 Å². The number of rotatable bonds is 3. The first-order valence-electron chi connectivity index (χ1n) is 3.97. The van der Waals surface area contributed by atoms with Crippen molar-refractivity contribution in [1.82, 2.24) is 14.8 Å². The Bertz CT molecular complexity index is 506. The lowest BCUT2D eigenvalue weighted by atomic mass is 10.5. The average Bonchev–Trinajstić information content (AvgIpc) is 2.86. The third-order valence-corrected chi connectivity index (χ3v) is 1.67. The van der Waals surface area contributed by atoms with Gasteiger partial charge in [0.05, 0.1) is 17.4 Å². The van der Waals surface area contributed by atoms with Crippen molar-refractivity contribution < 1.29 is 19.2 Å². The molecule has 0 bridgehead atoms. The summed E-state index contributed by atoms with van der Waals surface area (Å²) in [5.41, 5.74) is -0.298. The Kier molecular flexibility index (Phi) is 2.12. The van der Waals surface area contributed by atoms with Crippen LogP contribution in [0.4, 0.5) is 5.82 Å². The molecule has 0 radical (unpaired) electrons. The van der Waals surface area contributed by atoms with Crippen molar-refractivity contribution in [3.8, 4) is 6.01 Å². The van der Waals surface area contributed by atoms with Crippen molar-refractivity contribution in [2.24, 2.45) is 0 Å². The predicted molar refractivity (Wildman–Crippen MR) is 47.2 cm³/mol. The summed E-state index contributed by atoms with van der Waals surface area (Å²) >= 11 is 0. The van der Waals surface area contributed by atoms with Crippen LogP contribution >= 0.6 is 0 Å². The van der Waals surface area contributed by atoms with Crippen LogP contribution in [0.2, 0.25) is 0 Å². The first-order chi connectivity index (χ1) is 7.58. The third kappa shape index (κ3) is 1.61. The molecular formula is C7H4N4O5. The van der Waals surface area contributed by atoms with E-state index in [2.05, 4.69) is 10.1 Å². The number of carboxylic acids is 1. The van der Waals surface area contributed by atoms with E-state index in [1.165, 1.54) is 6.20 Å². The molecule has 16 heavy (non-hydrogen) atoms. The fourth-order valence-corrected chi connectivity index (χ4v) is 0.986. The van der Waals surface area contributed by atoms with Crippen molar-refractivity contribution in [1.29, 1.82) is 0 Å². The molecule has 0 amide bonds. The fourth-order valence-electron chi connectivity index (χ4n) is 0.986. The van der Waals surface area contributed by atoms with Crippen molar-refractivity contribution in [3.05, 3.63) is 34.3 Å². The molecular weight excluding hydrogens is 220 g/mol. The highest BCUT2D eigenvalue weighted by Gasteiger charge is 2.17. The van der Waals surface area contributed by atoms with E-state index in [1.807, 2.05) is 0 Å². The first-order valence-corrected chi connectivity index (χ1v) is 3.97. The Morgan fingerprint density at radius 3 is 2.88 bits per heavy atom. The standard InChI is InChI=1S/C7H4N4O5/c12-6(13)4-3-16-7(8-4)10-2-1-5(9-10)11(14)15/h1-3H,(H,12,13). The molecule has 0 aromatic carbocycles. The van der Waals surface area contributed by atoms with Crippen molar-refractivity contribution in [2.75, 3.05) is 0 Å². The third-order valence-electron chi connectivity index (χ3n) is 1.67. The van der Waals surface area contributed by atoms with E-state index in [0.29, 0.717) is 0 Å². The molecule has 0 spiro atoms. The number of hydrogen-bond acceptors (Lipinski definition) is 6. The van der Waals surface area contributed by atoms with Crippen LogP contribution in [0.25, 0.3) is 6.01 Å². The smallest absolute Gasteiger partial charge is 0.390 e. The van der Waals surface area contributed by atoms with Crippen LogP contribution in [-0.4, -0.2) is 30.8 Å². The maximum atomic E-state index is 10.5. The minimum atomic E-state index is -1.25. The zero-order valence-corrected chi connectivity index (χ0v) is 7.60. The molecule has 0 aliphatic carbocycles. The molecule has 0 aliphatic heterocycles. The molecule has 0 saturated heterocycles. The fraction of sp³-hybridized carbons (Fsp3) is 0. The second-order valence-electron chi connectivity index (χ2n) is 2.70. The number of carboxylic acid groups (broad SMARTS) is 1. The predicted octanol–water partition coefficient (Wildman–Crippen LogP) is 0.467. The lowest BCUT2D eigenvalue weighted by Gasteiger charge is -1.85. The molecule has 2 aromatic rings. The van der Waals surface area contributed by atoms with Crippen molar-refractivity contribution >= 4 is 11.8 Å². The van der Waals surface area contributed by atoms with Gasteiger partial charge in [0.15, 0.2) is 5.69 Å². The van der Waals surface area contributed by atoms with Crippen LogP contribution in [-0.2, 0) is 0 Å². The SMILES string of the molecule is O=C(O)c1coc(-n2ccc([N+](=O)[O-])n2)n1. The van der Waals surface area contributed by atoms with Gasteiger partial charge in [0, 0.05) is 0 Å². The molecule has 2 aromatic heterocycles. The molecule has 0 unspecified atom stereocenters. The largest absolute Gasteiger partial charge is 0.476 e. The number of hydrogen-bond donors (Lipinski definition) is 1. The summed E-state index contributed by atoms with van der Waals surface area (Å²) in [4.78, 5) is 23.7. The van der Waals surface area contributed by atoms with E-state index in [-0.39, 0.29) is 17.5 Å². The Morgan fingerprint density at radius 2 is 2.38 bits per heavy atom. The van der Waals surface area contributed by atoms with Crippen LogP contribution in [0, 0.1) is 10.1 Å². The number of aromatic carboxylic acids is 1. The average molecular weight is 224 g/mol. The summed E-state index contributed by atoms with van der Waals surface area (Å²) in [7, 11) is 0. The lowest BCUT2D eigenvalue weighted by molar-refractivity contribution is -0.389. The molecule has 0 aliphatic rings. The normalized spacial score (nSPS) is 10.2. The zero-order chi connectivity index (χ0) is 11.7. The van der Waals surface area contributed by atoms with Gasteiger partial charge in [-0.3, -0.25) is 0 Å². The zero-order valence-electron chi connectivity index (χ0n) is 7.60. The van der Waals surface area contributed by atoms with Gasteiger partial charge in [-0.1, -0.05) is 4.68 Å². The molecule has 9 nitrogen and oxygen atoms in total. The quantitative estimate of drug-likeness (QED) is 0.593. The van der Waals surface area contributed by atoms with Crippen LogP contribution in [0.5, 0.6) is 0 Å². The summed E-state index contributed by atoms with van der Waals surface area (Å²) in [5.74, 6) is -1.63. The monoisotopic (exact) mass is 224 g/mol. The Morgan fingerprint density at radius 1 is 1.62 bits per heavy atom. The van der Waals surface area contributed by atoms with E-state index in [0.717, 1.165) is 17.0 Å². The molecule has 2 rings (SSSR count). The van der Waals surface area contributed by atoms with Gasteiger partial charge in [-0.05, 0) is 4.92 Å². The lowest BCUT2D eigenvalue weighted by Crippen LogP contribution is -2.00. The van der Waals surface area contributed by atoms with Crippen LogP contribution in [0.15, 0.2) is 22.9 Å². The molecule has 2 heterocycles. The van der Waals surface area contributed by atoms with Crippen LogP contribution < -0.4 is 0 Å². The van der Waals surface area contributed by atoms with Gasteiger partial charge < -0.3 is 19.6 Å². The van der Waals surface area contributed by atoms with Gasteiger partial charge in [-0.15, -0.1) is 0 Å². The van der Waals surface area contributed by atoms with Gasteiger partial charge in [0.1, 0.15) is 6.26 Å². The minimum Gasteiger partial charge on any atom is -0.476 e. The molecule has 0 fully saturated rings. The summed E-state index contributed by atoms with van der Waals surface area (Å²) < 4.78 is 5.77. The van der Waals surface area contributed by atoms with E-state index < -0.39 is 10.9 Å². The van der Waals surface area contributed by atoms with Crippen molar-refractivity contribution in [3.63, 3.8) is 0 Å². The van der Waals surface area contributed by atoms with Gasteiger partial charge in [-0.2, -0.15) is 4.98 Å². The van der Waals surface area contributed by atoms with E-state index in [9.17, 15) is 14.9 Å². The number of aromatic nitrogens is 3. The van der Waals surface area contributed by atoms with Gasteiger partial charge >= 0.3 is 17.8 Å². The number of nitro groups is 1. The topological polar surface area (TPSA) is 124 Å². The van der Waals surface area contributed by atoms with E-state index in [1.54, 1.807) is 0 Å². The maximum Gasteiger partial charge on any atom is 0.390 e. The van der Waals surface area contributed by atoms with Crippen LogP contribution in [0.3, 0.4) is 0 Å². The molecule has 0 saturated carbocycles. The van der Waals surface area contributed by atoms with E-state index in [4.69, 9.17) is 9.52 Å². The van der Waals surface area contributed by atoms with Gasteiger partial charge in [0.2, 0.25) is 0 Å². The minimum absolute atomic E-state index is 0.148. The molecule has 0 atom stereocenters. The number of carbonyl (C=O) groups is 1. The number of nitrogens with zero attached hydrogens (tertiary/aromatic N) is 4. The Labute approximate surface area is 87.1 Å². The van der Waals surface area contributed by atoms with Crippen LogP contribution in [0.1, 0.15) is 10.5 Å². The highest BCUT2D eigenvalue weighted by molar-refractivity contribution is 5.84. The molecule has 9 heteroatoms. The molecule has 1 N–H and O–H groups in total. The highest BCUT2D eigenvalue weighted by atomic mass is 16.6. The first kappa shape index (κ1) is 9.83.